The number of H-pyrrole nitrogens is 1. The van der Waals surface area contributed by atoms with Crippen molar-refractivity contribution in [3.8, 4) is 0 Å². The predicted molar refractivity (Wildman–Crippen MR) is 106 cm³/mol. The van der Waals surface area contributed by atoms with E-state index in [2.05, 4.69) is 15.6 Å². The Morgan fingerprint density at radius 3 is 2.75 bits per heavy atom. The Balaban J connectivity index is 1.80. The number of benzene rings is 1. The summed E-state index contributed by atoms with van der Waals surface area (Å²) in [4.78, 5) is 28.3. The van der Waals surface area contributed by atoms with Gasteiger partial charge in [0.25, 0.3) is 11.8 Å². The van der Waals surface area contributed by atoms with Gasteiger partial charge >= 0.3 is 0 Å². The zero-order chi connectivity index (χ0) is 19.7. The van der Waals surface area contributed by atoms with Crippen molar-refractivity contribution in [2.24, 2.45) is 0 Å². The molecule has 0 radical (unpaired) electrons. The van der Waals surface area contributed by atoms with E-state index in [1.54, 1.807) is 12.1 Å². The normalized spacial score (nSPS) is 22.1. The van der Waals surface area contributed by atoms with Gasteiger partial charge in [0.05, 0.1) is 42.8 Å². The number of anilines is 1. The Labute approximate surface area is 163 Å². The van der Waals surface area contributed by atoms with Crippen LogP contribution in [-0.2, 0) is 14.3 Å². The van der Waals surface area contributed by atoms with Gasteiger partial charge in [-0.25, -0.2) is 0 Å². The predicted octanol–water partition coefficient (Wildman–Crippen LogP) is 2.65. The first-order chi connectivity index (χ1) is 13.5. The molecule has 1 atom stereocenters. The van der Waals surface area contributed by atoms with Crippen molar-refractivity contribution in [3.63, 3.8) is 0 Å². The van der Waals surface area contributed by atoms with Gasteiger partial charge in [-0.15, -0.1) is 0 Å². The summed E-state index contributed by atoms with van der Waals surface area (Å²) in [6, 6.07) is 7.59. The van der Waals surface area contributed by atoms with Crippen molar-refractivity contribution in [1.82, 2.24) is 10.3 Å². The minimum Gasteiger partial charge on any atom is -0.377 e. The quantitative estimate of drug-likeness (QED) is 0.654. The number of rotatable bonds is 0. The van der Waals surface area contributed by atoms with Crippen molar-refractivity contribution in [3.05, 3.63) is 52.3 Å². The molecule has 0 aliphatic carbocycles. The van der Waals surface area contributed by atoms with Crippen LogP contribution in [0.1, 0.15) is 45.9 Å². The second kappa shape index (κ2) is 7.61. The van der Waals surface area contributed by atoms with Crippen molar-refractivity contribution >= 4 is 29.2 Å². The van der Waals surface area contributed by atoms with Crippen LogP contribution in [0.4, 0.5) is 5.69 Å². The lowest BCUT2D eigenvalue weighted by Crippen LogP contribution is -2.28. The lowest BCUT2D eigenvalue weighted by molar-refractivity contribution is -0.110. The van der Waals surface area contributed by atoms with Crippen LogP contribution in [-0.4, -0.2) is 43.2 Å². The Morgan fingerprint density at radius 2 is 1.89 bits per heavy atom. The number of amides is 2. The van der Waals surface area contributed by atoms with Gasteiger partial charge in [-0.05, 0) is 43.7 Å². The number of hydrogen-bond donors (Lipinski definition) is 3. The highest BCUT2D eigenvalue weighted by atomic mass is 16.5. The maximum atomic E-state index is 12.6. The number of fused-ring (bicyclic) bond motifs is 2. The topological polar surface area (TPSA) is 92.5 Å². The summed E-state index contributed by atoms with van der Waals surface area (Å²) in [5.41, 5.74) is 5.03. The molecule has 3 heterocycles. The van der Waals surface area contributed by atoms with Gasteiger partial charge < -0.3 is 25.1 Å². The molecule has 0 fully saturated rings. The first-order valence-electron chi connectivity index (χ1n) is 9.37. The van der Waals surface area contributed by atoms with E-state index in [0.29, 0.717) is 43.2 Å². The third kappa shape index (κ3) is 3.58. The van der Waals surface area contributed by atoms with Crippen molar-refractivity contribution in [2.45, 2.75) is 20.0 Å². The maximum Gasteiger partial charge on any atom is 0.256 e. The molecule has 7 heteroatoms. The molecule has 28 heavy (non-hydrogen) atoms. The molecule has 0 spiro atoms. The zero-order valence-corrected chi connectivity index (χ0v) is 15.9. The van der Waals surface area contributed by atoms with Crippen LogP contribution < -0.4 is 10.6 Å². The number of aromatic amines is 1. The first-order valence-corrected chi connectivity index (χ1v) is 9.37. The lowest BCUT2D eigenvalue weighted by atomic mass is 10.0. The second-order valence-electron chi connectivity index (χ2n) is 6.98. The molecular formula is C21H23N3O4. The number of carbonyl (C=O) groups excluding carboxylic acids is 2. The molecule has 2 bridgehead atoms. The average Bonchev–Trinajstić information content (AvgIpc) is 3.19. The van der Waals surface area contributed by atoms with Gasteiger partial charge in [0.15, 0.2) is 0 Å². The zero-order valence-electron chi connectivity index (χ0n) is 15.9. The van der Waals surface area contributed by atoms with E-state index in [1.807, 2.05) is 32.0 Å². The smallest absolute Gasteiger partial charge is 0.256 e. The Bertz CT molecular complexity index is 961. The number of aromatic nitrogens is 1. The monoisotopic (exact) mass is 381 g/mol. The second-order valence-corrected chi connectivity index (χ2v) is 6.98. The summed E-state index contributed by atoms with van der Waals surface area (Å²) in [5.74, 6) is -0.391. The molecule has 2 amide bonds. The van der Waals surface area contributed by atoms with E-state index in [9.17, 15) is 9.59 Å². The number of carbonyl (C=O) groups is 2. The number of hydrogen-bond acceptors (Lipinski definition) is 4. The summed E-state index contributed by atoms with van der Waals surface area (Å²) in [5, 5.41) is 5.74. The molecule has 0 unspecified atom stereocenters. The Kier molecular flexibility index (Phi) is 5.02. The molecule has 0 saturated heterocycles. The fourth-order valence-electron chi connectivity index (χ4n) is 3.47. The van der Waals surface area contributed by atoms with Crippen molar-refractivity contribution in [1.29, 1.82) is 0 Å². The number of nitrogens with one attached hydrogen (secondary N) is 3. The van der Waals surface area contributed by atoms with Gasteiger partial charge in [0.1, 0.15) is 0 Å². The molecule has 2 aromatic rings. The maximum absolute atomic E-state index is 12.6. The molecule has 146 valence electrons. The highest BCUT2D eigenvalue weighted by molar-refractivity contribution is 6.35. The van der Waals surface area contributed by atoms with Crippen LogP contribution in [0.15, 0.2) is 24.3 Å². The van der Waals surface area contributed by atoms with E-state index in [4.69, 9.17) is 9.47 Å². The van der Waals surface area contributed by atoms with Crippen LogP contribution in [0.25, 0.3) is 11.6 Å². The van der Waals surface area contributed by atoms with Gasteiger partial charge in [-0.1, -0.05) is 6.07 Å². The highest BCUT2D eigenvalue weighted by Crippen LogP contribution is 2.36. The lowest BCUT2D eigenvalue weighted by Gasteiger charge is -2.15. The van der Waals surface area contributed by atoms with E-state index in [0.717, 1.165) is 22.5 Å². The van der Waals surface area contributed by atoms with Crippen molar-refractivity contribution in [2.75, 3.05) is 31.7 Å². The number of ether oxygens (including phenoxy) is 2. The Morgan fingerprint density at radius 1 is 1.04 bits per heavy atom. The molecule has 2 aliphatic rings. The molecule has 1 aromatic heterocycles. The van der Waals surface area contributed by atoms with E-state index in [1.165, 1.54) is 0 Å². The number of aryl methyl sites for hydroxylation is 1. The highest BCUT2D eigenvalue weighted by Gasteiger charge is 2.26. The molecule has 3 N–H and O–H groups in total. The van der Waals surface area contributed by atoms with Crippen LogP contribution in [0, 0.1) is 6.92 Å². The van der Waals surface area contributed by atoms with Gasteiger partial charge in [0.2, 0.25) is 0 Å². The van der Waals surface area contributed by atoms with E-state index in [-0.39, 0.29) is 17.9 Å². The summed E-state index contributed by atoms with van der Waals surface area (Å²) < 4.78 is 11.4. The SMILES string of the molecule is Cc1cc2c([nH]1)/C=C1\C(=O)Nc3ccc(cc31)[C@H](C)OCCOCCNC2=O. The average molecular weight is 381 g/mol. The molecule has 1 aromatic carbocycles. The first kappa shape index (κ1) is 18.5. The minimum atomic E-state index is -0.204. The summed E-state index contributed by atoms with van der Waals surface area (Å²) in [6.45, 7) is 5.57. The summed E-state index contributed by atoms with van der Waals surface area (Å²) in [6.07, 6.45) is 1.61. The fraction of sp³-hybridized carbons (Fsp3) is 0.333. The molecule has 4 rings (SSSR count). The third-order valence-electron chi connectivity index (χ3n) is 4.94. The Hall–Kier alpha value is -2.90. The summed E-state index contributed by atoms with van der Waals surface area (Å²) in [7, 11) is 0. The molecule has 7 nitrogen and oxygen atoms in total. The molecule has 0 saturated carbocycles. The van der Waals surface area contributed by atoms with Crippen LogP contribution in [0.2, 0.25) is 0 Å². The van der Waals surface area contributed by atoms with E-state index < -0.39 is 0 Å². The standard InChI is InChI=1S/C21H23N3O4/c1-12-9-17-19(23-12)11-16-15-10-14(3-4-18(15)24-21(16)26)13(2)28-8-7-27-6-5-22-20(17)25/h3-4,9-11,13,23H,5-8H2,1-2H3,(H,22,25)(H,24,26)/b16-11-/t13-/m0/s1. The van der Waals surface area contributed by atoms with Crippen LogP contribution in [0.3, 0.4) is 0 Å². The van der Waals surface area contributed by atoms with E-state index >= 15 is 0 Å². The molecule has 2 aliphatic heterocycles. The van der Waals surface area contributed by atoms with Gasteiger partial charge in [-0.2, -0.15) is 0 Å². The fourth-order valence-corrected chi connectivity index (χ4v) is 3.47. The van der Waals surface area contributed by atoms with Crippen molar-refractivity contribution < 1.29 is 19.1 Å². The van der Waals surface area contributed by atoms with Gasteiger partial charge in [-0.3, -0.25) is 9.59 Å². The largest absolute Gasteiger partial charge is 0.377 e. The van der Waals surface area contributed by atoms with Crippen LogP contribution in [0.5, 0.6) is 0 Å². The molecular weight excluding hydrogens is 358 g/mol. The summed E-state index contributed by atoms with van der Waals surface area (Å²) >= 11 is 0. The minimum absolute atomic E-state index is 0.123. The van der Waals surface area contributed by atoms with Crippen LogP contribution >= 0.6 is 0 Å². The van der Waals surface area contributed by atoms with Gasteiger partial charge in [0, 0.05) is 23.5 Å². The third-order valence-corrected chi connectivity index (χ3v) is 4.94.